The molecule has 6 nitrogen and oxygen atoms in total. The van der Waals surface area contributed by atoms with Crippen LogP contribution >= 0.6 is 0 Å². The third kappa shape index (κ3) is 2.54. The van der Waals surface area contributed by atoms with Gasteiger partial charge in [0.05, 0.1) is 24.4 Å². The van der Waals surface area contributed by atoms with Crippen molar-refractivity contribution in [1.82, 2.24) is 20.1 Å². The second kappa shape index (κ2) is 5.61. The van der Waals surface area contributed by atoms with E-state index in [1.807, 2.05) is 40.0 Å². The molecule has 0 spiro atoms. The molecule has 0 aliphatic carbocycles. The second-order valence-corrected chi connectivity index (χ2v) is 5.97. The van der Waals surface area contributed by atoms with Gasteiger partial charge in [-0.3, -0.25) is 9.89 Å². The van der Waals surface area contributed by atoms with Crippen LogP contribution in [0, 0.1) is 6.92 Å². The Morgan fingerprint density at radius 3 is 2.95 bits per heavy atom. The number of H-pyrrole nitrogens is 1. The standard InChI is InChI=1S/C16H22N4O2/c1-9-5-6-12(20(9)4)8-17-16(21)15-13-7-10(2)22-11(3)14(13)18-19-15/h5-6,10-11H,7-8H2,1-4H3,(H,17,21)(H,18,19)/t10-,11+/m1/s1. The van der Waals surface area contributed by atoms with E-state index < -0.39 is 0 Å². The number of aromatic amines is 1. The Morgan fingerprint density at radius 2 is 2.27 bits per heavy atom. The minimum atomic E-state index is -0.141. The van der Waals surface area contributed by atoms with E-state index in [-0.39, 0.29) is 18.1 Å². The number of rotatable bonds is 3. The van der Waals surface area contributed by atoms with Crippen molar-refractivity contribution in [3.63, 3.8) is 0 Å². The van der Waals surface area contributed by atoms with Crippen molar-refractivity contribution in [2.45, 2.75) is 45.9 Å². The van der Waals surface area contributed by atoms with Gasteiger partial charge in [0.1, 0.15) is 0 Å². The van der Waals surface area contributed by atoms with Gasteiger partial charge in [-0.1, -0.05) is 0 Å². The molecule has 2 aromatic rings. The van der Waals surface area contributed by atoms with Crippen molar-refractivity contribution < 1.29 is 9.53 Å². The number of carbonyl (C=O) groups is 1. The molecule has 2 atom stereocenters. The molecule has 1 amide bonds. The number of nitrogens with zero attached hydrogens (tertiary/aromatic N) is 2. The van der Waals surface area contributed by atoms with Crippen molar-refractivity contribution in [2.24, 2.45) is 7.05 Å². The topological polar surface area (TPSA) is 71.9 Å². The fourth-order valence-electron chi connectivity index (χ4n) is 2.96. The van der Waals surface area contributed by atoms with Gasteiger partial charge >= 0.3 is 0 Å². The molecule has 118 valence electrons. The third-order valence-electron chi connectivity index (χ3n) is 4.36. The van der Waals surface area contributed by atoms with Gasteiger partial charge in [0.2, 0.25) is 0 Å². The molecule has 3 heterocycles. The molecule has 0 bridgehead atoms. The van der Waals surface area contributed by atoms with Crippen LogP contribution in [0.4, 0.5) is 0 Å². The summed E-state index contributed by atoms with van der Waals surface area (Å²) in [6.45, 7) is 6.52. The Hall–Kier alpha value is -2.08. The van der Waals surface area contributed by atoms with Crippen molar-refractivity contribution in [2.75, 3.05) is 0 Å². The van der Waals surface area contributed by atoms with Crippen molar-refractivity contribution in [3.8, 4) is 0 Å². The van der Waals surface area contributed by atoms with Crippen LogP contribution in [0.5, 0.6) is 0 Å². The van der Waals surface area contributed by atoms with Crippen LogP contribution in [0.25, 0.3) is 0 Å². The third-order valence-corrected chi connectivity index (χ3v) is 4.36. The lowest BCUT2D eigenvalue weighted by molar-refractivity contribution is -0.00697. The zero-order valence-electron chi connectivity index (χ0n) is 13.4. The number of fused-ring (bicyclic) bond motifs is 1. The van der Waals surface area contributed by atoms with Crippen LogP contribution in [-0.2, 0) is 24.8 Å². The van der Waals surface area contributed by atoms with E-state index in [9.17, 15) is 4.79 Å². The summed E-state index contributed by atoms with van der Waals surface area (Å²) in [5, 5.41) is 10.1. The molecule has 1 aliphatic heterocycles. The number of nitrogens with one attached hydrogen (secondary N) is 2. The van der Waals surface area contributed by atoms with Gasteiger partial charge in [0.15, 0.2) is 5.69 Å². The number of hydrogen-bond donors (Lipinski definition) is 2. The summed E-state index contributed by atoms with van der Waals surface area (Å²) in [7, 11) is 1.99. The molecule has 0 unspecified atom stereocenters. The predicted molar refractivity (Wildman–Crippen MR) is 82.6 cm³/mol. The molecule has 0 aromatic carbocycles. The van der Waals surface area contributed by atoms with E-state index in [4.69, 9.17) is 4.74 Å². The minimum absolute atomic E-state index is 0.0525. The quantitative estimate of drug-likeness (QED) is 0.911. The Bertz CT molecular complexity index is 701. The zero-order chi connectivity index (χ0) is 15.9. The molecule has 2 aromatic heterocycles. The second-order valence-electron chi connectivity index (χ2n) is 5.97. The predicted octanol–water partition coefficient (Wildman–Crippen LogP) is 2.01. The van der Waals surface area contributed by atoms with Crippen molar-refractivity contribution in [1.29, 1.82) is 0 Å². The van der Waals surface area contributed by atoms with Crippen LogP contribution in [0.3, 0.4) is 0 Å². The largest absolute Gasteiger partial charge is 0.369 e. The first-order valence-corrected chi connectivity index (χ1v) is 7.59. The fourth-order valence-corrected chi connectivity index (χ4v) is 2.96. The number of carbonyl (C=O) groups excluding carboxylic acids is 1. The Labute approximate surface area is 129 Å². The van der Waals surface area contributed by atoms with Gasteiger partial charge in [-0.25, -0.2) is 0 Å². The average Bonchev–Trinajstić information content (AvgIpc) is 3.02. The maximum Gasteiger partial charge on any atom is 0.272 e. The lowest BCUT2D eigenvalue weighted by atomic mass is 9.99. The Morgan fingerprint density at radius 1 is 1.50 bits per heavy atom. The molecule has 0 saturated carbocycles. The van der Waals surface area contributed by atoms with Gasteiger partial charge in [0, 0.05) is 30.4 Å². The molecule has 1 aliphatic rings. The van der Waals surface area contributed by atoms with Gasteiger partial charge in [-0.15, -0.1) is 0 Å². The summed E-state index contributed by atoms with van der Waals surface area (Å²) < 4.78 is 7.81. The summed E-state index contributed by atoms with van der Waals surface area (Å²) in [5.74, 6) is -0.141. The lowest BCUT2D eigenvalue weighted by Gasteiger charge is -2.25. The van der Waals surface area contributed by atoms with Crippen molar-refractivity contribution in [3.05, 3.63) is 40.5 Å². The summed E-state index contributed by atoms with van der Waals surface area (Å²) >= 11 is 0. The SMILES string of the molecule is Cc1ccc(CNC(=O)c2n[nH]c3c2C[C@@H](C)O[C@H]3C)n1C. The lowest BCUT2D eigenvalue weighted by Crippen LogP contribution is -2.28. The van der Waals surface area contributed by atoms with Gasteiger partial charge in [-0.05, 0) is 32.9 Å². The van der Waals surface area contributed by atoms with Gasteiger partial charge < -0.3 is 14.6 Å². The number of hydrogen-bond acceptors (Lipinski definition) is 3. The maximum atomic E-state index is 12.4. The van der Waals surface area contributed by atoms with Crippen LogP contribution < -0.4 is 5.32 Å². The normalized spacial score (nSPS) is 20.7. The molecule has 0 radical (unpaired) electrons. The summed E-state index contributed by atoms with van der Waals surface area (Å²) in [4.78, 5) is 12.4. The summed E-state index contributed by atoms with van der Waals surface area (Å²) in [6.07, 6.45) is 0.757. The Balaban J connectivity index is 1.75. The van der Waals surface area contributed by atoms with E-state index >= 15 is 0 Å². The van der Waals surface area contributed by atoms with Gasteiger partial charge in [0.25, 0.3) is 5.91 Å². The Kier molecular flexibility index (Phi) is 3.78. The van der Waals surface area contributed by atoms with E-state index in [0.29, 0.717) is 18.7 Å². The fraction of sp³-hybridized carbons (Fsp3) is 0.500. The molecular formula is C16H22N4O2. The monoisotopic (exact) mass is 302 g/mol. The molecule has 22 heavy (non-hydrogen) atoms. The summed E-state index contributed by atoms with van der Waals surface area (Å²) in [5.41, 5.74) is 4.62. The van der Waals surface area contributed by atoms with Crippen LogP contribution in [0.15, 0.2) is 12.1 Å². The number of aromatic nitrogens is 3. The van der Waals surface area contributed by atoms with Gasteiger partial charge in [-0.2, -0.15) is 5.10 Å². The van der Waals surface area contributed by atoms with Crippen LogP contribution in [0.1, 0.15) is 53.1 Å². The first-order chi connectivity index (χ1) is 10.5. The average molecular weight is 302 g/mol. The maximum absolute atomic E-state index is 12.4. The molecule has 0 saturated heterocycles. The van der Waals surface area contributed by atoms with Crippen molar-refractivity contribution >= 4 is 5.91 Å². The highest BCUT2D eigenvalue weighted by atomic mass is 16.5. The van der Waals surface area contributed by atoms with E-state index in [0.717, 1.165) is 17.0 Å². The zero-order valence-corrected chi connectivity index (χ0v) is 13.4. The van der Waals surface area contributed by atoms with Crippen LogP contribution in [-0.4, -0.2) is 26.8 Å². The minimum Gasteiger partial charge on any atom is -0.369 e. The molecule has 2 N–H and O–H groups in total. The van der Waals surface area contributed by atoms with E-state index in [2.05, 4.69) is 20.1 Å². The highest BCUT2D eigenvalue weighted by molar-refractivity contribution is 5.94. The van der Waals surface area contributed by atoms with E-state index in [1.54, 1.807) is 0 Å². The smallest absolute Gasteiger partial charge is 0.272 e. The number of amides is 1. The first-order valence-electron chi connectivity index (χ1n) is 7.59. The number of ether oxygens (including phenoxy) is 1. The van der Waals surface area contributed by atoms with Crippen LogP contribution in [0.2, 0.25) is 0 Å². The number of aryl methyl sites for hydroxylation is 1. The molecule has 3 rings (SSSR count). The highest BCUT2D eigenvalue weighted by Gasteiger charge is 2.29. The van der Waals surface area contributed by atoms with E-state index in [1.165, 1.54) is 5.69 Å². The summed E-state index contributed by atoms with van der Waals surface area (Å²) in [6, 6.07) is 4.06. The molecular weight excluding hydrogens is 280 g/mol. The first kappa shape index (κ1) is 14.8. The molecule has 0 fully saturated rings. The highest BCUT2D eigenvalue weighted by Crippen LogP contribution is 2.30. The molecule has 6 heteroatoms.